The normalized spacial score (nSPS) is 21.3. The Balaban J connectivity index is 1.07. The summed E-state index contributed by atoms with van der Waals surface area (Å²) >= 11 is 0. The molecule has 4 aromatic carbocycles. The van der Waals surface area contributed by atoms with Crippen LogP contribution >= 0.6 is 0 Å². The van der Waals surface area contributed by atoms with Crippen molar-refractivity contribution in [2.24, 2.45) is 5.92 Å². The molecule has 4 atom stereocenters. The van der Waals surface area contributed by atoms with Crippen LogP contribution in [0.3, 0.4) is 0 Å². The van der Waals surface area contributed by atoms with Crippen molar-refractivity contribution >= 4 is 5.91 Å². The highest BCUT2D eigenvalue weighted by Gasteiger charge is 2.39. The zero-order chi connectivity index (χ0) is 35.0. The minimum atomic E-state index is -0.546. The minimum absolute atomic E-state index is 0.0108. The molecule has 2 saturated heterocycles. The summed E-state index contributed by atoms with van der Waals surface area (Å²) in [6.07, 6.45) is 2.47. The van der Waals surface area contributed by atoms with Crippen molar-refractivity contribution < 1.29 is 19.4 Å². The van der Waals surface area contributed by atoms with E-state index in [1.807, 2.05) is 24.3 Å². The Morgan fingerprint density at radius 3 is 2.24 bits per heavy atom. The fourth-order valence-electron chi connectivity index (χ4n) is 7.06. The molecular weight excluding hydrogens is 636 g/mol. The summed E-state index contributed by atoms with van der Waals surface area (Å²) in [6.45, 7) is 8.50. The number of carbonyl (C=O) groups is 1. The molecule has 0 aliphatic carbocycles. The Bertz CT molecular complexity index is 1860. The first-order valence-corrected chi connectivity index (χ1v) is 17.9. The second kappa shape index (κ2) is 16.5. The Morgan fingerprint density at radius 1 is 0.765 bits per heavy atom. The highest BCUT2D eigenvalue weighted by molar-refractivity contribution is 5.93. The zero-order valence-corrected chi connectivity index (χ0v) is 29.1. The summed E-state index contributed by atoms with van der Waals surface area (Å²) in [5, 5.41) is 12.7. The van der Waals surface area contributed by atoms with Crippen molar-refractivity contribution in [2.75, 3.05) is 32.7 Å². The van der Waals surface area contributed by atoms with E-state index in [9.17, 15) is 9.90 Å². The average molecular weight is 683 g/mol. The molecule has 5 aromatic rings. The van der Waals surface area contributed by atoms with E-state index in [4.69, 9.17) is 9.47 Å². The maximum atomic E-state index is 12.6. The molecular formula is C43H46N4O4. The van der Waals surface area contributed by atoms with Gasteiger partial charge in [-0.1, -0.05) is 97.9 Å². The van der Waals surface area contributed by atoms with Crippen molar-refractivity contribution in [3.63, 3.8) is 0 Å². The monoisotopic (exact) mass is 682 g/mol. The van der Waals surface area contributed by atoms with Crippen LogP contribution in [0.15, 0.2) is 128 Å². The lowest BCUT2D eigenvalue weighted by Gasteiger charge is -2.44. The summed E-state index contributed by atoms with van der Waals surface area (Å²) in [5.74, 6) is -0.0363. The number of aliphatic hydroxyl groups excluding tert-OH is 1. The van der Waals surface area contributed by atoms with E-state index in [2.05, 4.69) is 106 Å². The number of nitrogens with one attached hydrogen (secondary N) is 1. The van der Waals surface area contributed by atoms with Crippen LogP contribution in [-0.2, 0) is 29.2 Å². The highest BCUT2D eigenvalue weighted by Crippen LogP contribution is 2.42. The molecule has 8 nitrogen and oxygen atoms in total. The van der Waals surface area contributed by atoms with Gasteiger partial charge >= 0.3 is 0 Å². The van der Waals surface area contributed by atoms with E-state index in [-0.39, 0.29) is 30.6 Å². The lowest BCUT2D eigenvalue weighted by atomic mass is 9.89. The van der Waals surface area contributed by atoms with Crippen LogP contribution in [0.25, 0.3) is 11.1 Å². The van der Waals surface area contributed by atoms with Crippen LogP contribution < -0.4 is 5.32 Å². The van der Waals surface area contributed by atoms with Gasteiger partial charge in [-0.05, 0) is 57.6 Å². The molecule has 0 bridgehead atoms. The lowest BCUT2D eigenvalue weighted by Crippen LogP contribution is -2.51. The third-order valence-electron chi connectivity index (χ3n) is 10.1. The summed E-state index contributed by atoms with van der Waals surface area (Å²) in [6, 6.07) is 38.9. The number of aliphatic hydroxyl groups is 1. The third kappa shape index (κ3) is 8.79. The van der Waals surface area contributed by atoms with Gasteiger partial charge in [0.15, 0.2) is 6.29 Å². The number of rotatable bonds is 11. The second-order valence-corrected chi connectivity index (χ2v) is 13.6. The number of hydrogen-bond donors (Lipinski definition) is 2. The molecule has 51 heavy (non-hydrogen) atoms. The molecule has 0 saturated carbocycles. The summed E-state index contributed by atoms with van der Waals surface area (Å²) < 4.78 is 13.7. The van der Waals surface area contributed by atoms with E-state index < -0.39 is 6.29 Å². The van der Waals surface area contributed by atoms with Gasteiger partial charge < -0.3 is 19.9 Å². The Hall–Kier alpha value is -4.70. The quantitative estimate of drug-likeness (QED) is 0.159. The largest absolute Gasteiger partial charge is 0.392 e. The summed E-state index contributed by atoms with van der Waals surface area (Å²) in [4.78, 5) is 21.7. The number of benzene rings is 4. The molecule has 0 spiro atoms. The molecule has 0 unspecified atom stereocenters. The van der Waals surface area contributed by atoms with Crippen LogP contribution in [0.5, 0.6) is 0 Å². The van der Waals surface area contributed by atoms with Gasteiger partial charge in [-0.3, -0.25) is 19.6 Å². The van der Waals surface area contributed by atoms with E-state index >= 15 is 0 Å². The van der Waals surface area contributed by atoms with Gasteiger partial charge in [0.1, 0.15) is 0 Å². The van der Waals surface area contributed by atoms with Gasteiger partial charge in [0.25, 0.3) is 5.91 Å². The van der Waals surface area contributed by atoms with Gasteiger partial charge in [0, 0.05) is 69.7 Å². The number of hydrogen-bond acceptors (Lipinski definition) is 7. The van der Waals surface area contributed by atoms with E-state index in [1.165, 1.54) is 5.56 Å². The minimum Gasteiger partial charge on any atom is -0.392 e. The molecule has 2 fully saturated rings. The smallest absolute Gasteiger partial charge is 0.253 e. The maximum absolute atomic E-state index is 12.6. The fourth-order valence-corrected chi connectivity index (χ4v) is 7.06. The summed E-state index contributed by atoms with van der Waals surface area (Å²) in [7, 11) is 0. The first-order chi connectivity index (χ1) is 25.0. The Labute approximate surface area is 300 Å². The molecule has 262 valence electrons. The van der Waals surface area contributed by atoms with Gasteiger partial charge in [-0.15, -0.1) is 0 Å². The standard InChI is InChI=1S/C43H46N4O4/c1-31-40(29-47-22-20-46(21-23-47)28-32-8-3-2-4-9-32)50-43(51-41(31)35-17-15-33(30-48)16-18-35)38-13-6-12-37(25-38)36-11-5-10-34(24-36)26-45-42(49)39-14-7-19-44-27-39/h2-19,24-25,27,31,40-41,43,48H,20-23,26,28-30H2,1H3,(H,45,49)/t31-,40+,41+,43+/m0/s1. The van der Waals surface area contributed by atoms with Gasteiger partial charge in [-0.2, -0.15) is 0 Å². The topological polar surface area (TPSA) is 87.2 Å². The van der Waals surface area contributed by atoms with Crippen molar-refractivity contribution in [3.8, 4) is 11.1 Å². The maximum Gasteiger partial charge on any atom is 0.253 e. The number of piperazine rings is 1. The highest BCUT2D eigenvalue weighted by atomic mass is 16.7. The van der Waals surface area contributed by atoms with Crippen LogP contribution in [0, 0.1) is 5.92 Å². The lowest BCUT2D eigenvalue weighted by molar-refractivity contribution is -0.276. The first-order valence-electron chi connectivity index (χ1n) is 17.9. The van der Waals surface area contributed by atoms with Gasteiger partial charge in [0.2, 0.25) is 0 Å². The van der Waals surface area contributed by atoms with Crippen LogP contribution in [0.2, 0.25) is 0 Å². The van der Waals surface area contributed by atoms with E-state index in [1.54, 1.807) is 24.5 Å². The average Bonchev–Trinajstić information content (AvgIpc) is 3.19. The molecule has 1 amide bonds. The zero-order valence-electron chi connectivity index (χ0n) is 29.1. The van der Waals surface area contributed by atoms with Crippen molar-refractivity contribution in [1.29, 1.82) is 0 Å². The number of pyridine rings is 1. The predicted molar refractivity (Wildman–Crippen MR) is 198 cm³/mol. The molecule has 2 N–H and O–H groups in total. The second-order valence-electron chi connectivity index (χ2n) is 13.6. The van der Waals surface area contributed by atoms with Crippen LogP contribution in [0.1, 0.15) is 57.5 Å². The van der Waals surface area contributed by atoms with E-state index in [0.717, 1.165) is 72.6 Å². The number of amides is 1. The molecule has 2 aliphatic heterocycles. The van der Waals surface area contributed by atoms with E-state index in [0.29, 0.717) is 12.1 Å². The molecule has 3 heterocycles. The first kappa shape index (κ1) is 34.7. The molecule has 7 rings (SSSR count). The number of ether oxygens (including phenoxy) is 2. The molecule has 8 heteroatoms. The van der Waals surface area contributed by atoms with Crippen molar-refractivity contribution in [2.45, 2.75) is 45.1 Å². The number of carbonyl (C=O) groups excluding carboxylic acids is 1. The third-order valence-corrected chi connectivity index (χ3v) is 10.1. The fraction of sp³-hybridized carbons (Fsp3) is 0.302. The SMILES string of the molecule is C[C@H]1[C@@H](CN2CCN(Cc3ccccc3)CC2)O[C@@H](c2cccc(-c3cccc(CNC(=O)c4cccnc4)c3)c2)O[C@H]1c1ccc(CO)cc1. The Morgan fingerprint density at radius 2 is 1.49 bits per heavy atom. The predicted octanol–water partition coefficient (Wildman–Crippen LogP) is 6.78. The molecule has 0 radical (unpaired) electrons. The molecule has 2 aliphatic rings. The van der Waals surface area contributed by atoms with Crippen LogP contribution in [0.4, 0.5) is 0 Å². The number of aromatic nitrogens is 1. The number of nitrogens with zero attached hydrogens (tertiary/aromatic N) is 3. The van der Waals surface area contributed by atoms with Crippen molar-refractivity contribution in [3.05, 3.63) is 161 Å². The van der Waals surface area contributed by atoms with Crippen LogP contribution in [-0.4, -0.2) is 64.6 Å². The summed E-state index contributed by atoms with van der Waals surface area (Å²) in [5.41, 5.74) is 7.92. The van der Waals surface area contributed by atoms with Gasteiger partial charge in [0.05, 0.1) is 24.4 Å². The molecule has 1 aromatic heterocycles. The Kier molecular flexibility index (Phi) is 11.3. The van der Waals surface area contributed by atoms with Crippen molar-refractivity contribution in [1.82, 2.24) is 20.1 Å². The van der Waals surface area contributed by atoms with Gasteiger partial charge in [-0.25, -0.2) is 0 Å².